The lowest BCUT2D eigenvalue weighted by Gasteiger charge is -2.08. The van der Waals surface area contributed by atoms with Crippen molar-refractivity contribution in [1.29, 1.82) is 0 Å². The number of ether oxygens (including phenoxy) is 4. The minimum Gasteiger partial charge on any atom is -0.497 e. The average Bonchev–Trinajstić information content (AvgIpc) is 3.20. The summed E-state index contributed by atoms with van der Waals surface area (Å²) in [5, 5.41) is 13.4. The maximum Gasteiger partial charge on any atom is 0.336 e. The van der Waals surface area contributed by atoms with Gasteiger partial charge in [-0.1, -0.05) is 0 Å². The van der Waals surface area contributed by atoms with Crippen LogP contribution in [0.3, 0.4) is 0 Å². The Hall–Kier alpha value is -3.10. The van der Waals surface area contributed by atoms with E-state index in [2.05, 4.69) is 10.1 Å². The molecule has 29 heavy (non-hydrogen) atoms. The van der Waals surface area contributed by atoms with Crippen molar-refractivity contribution in [3.63, 3.8) is 0 Å². The number of methoxy groups -OCH3 is 1. The van der Waals surface area contributed by atoms with Crippen LogP contribution in [0.1, 0.15) is 6.92 Å². The molecule has 2 aromatic carbocycles. The van der Waals surface area contributed by atoms with E-state index >= 15 is 0 Å². The minimum absolute atomic E-state index is 0.0318. The third-order valence-corrected chi connectivity index (χ3v) is 4.04. The van der Waals surface area contributed by atoms with Gasteiger partial charge in [-0.25, -0.2) is 4.68 Å². The smallest absolute Gasteiger partial charge is 0.336 e. The molecule has 0 unspecified atom stereocenters. The summed E-state index contributed by atoms with van der Waals surface area (Å²) in [6.45, 7) is 3.62. The summed E-state index contributed by atoms with van der Waals surface area (Å²) in [6, 6.07) is 15.2. The molecular formula is C21H25N3O5. The van der Waals surface area contributed by atoms with Crippen LogP contribution in [-0.2, 0) is 4.74 Å². The lowest BCUT2D eigenvalue weighted by molar-refractivity contribution is 0.106. The molecule has 1 aromatic heterocycles. The predicted octanol–water partition coefficient (Wildman–Crippen LogP) is 2.73. The minimum atomic E-state index is -0.0318. The molecular weight excluding hydrogens is 374 g/mol. The maximum absolute atomic E-state index is 8.89. The Morgan fingerprint density at radius 3 is 2.28 bits per heavy atom. The van der Waals surface area contributed by atoms with Crippen molar-refractivity contribution >= 4 is 0 Å². The number of hydrogen-bond acceptors (Lipinski definition) is 7. The summed E-state index contributed by atoms with van der Waals surface area (Å²) in [4.78, 5) is 4.55. The van der Waals surface area contributed by atoms with Gasteiger partial charge >= 0.3 is 6.01 Å². The monoisotopic (exact) mass is 399 g/mol. The predicted molar refractivity (Wildman–Crippen MR) is 108 cm³/mol. The van der Waals surface area contributed by atoms with Crippen LogP contribution in [0, 0.1) is 0 Å². The van der Waals surface area contributed by atoms with E-state index < -0.39 is 0 Å². The first-order valence-corrected chi connectivity index (χ1v) is 9.41. The first-order chi connectivity index (χ1) is 14.2. The zero-order chi connectivity index (χ0) is 20.5. The van der Waals surface area contributed by atoms with E-state index in [0.717, 1.165) is 17.0 Å². The SMILES string of the molecule is CCOCCOc1nc(-c2ccc(OCCO)cc2)n(-c2ccc(OC)cc2)n1. The molecule has 0 fully saturated rings. The molecule has 0 amide bonds. The fraction of sp³-hybridized carbons (Fsp3) is 0.333. The fourth-order valence-electron chi connectivity index (χ4n) is 2.64. The third-order valence-electron chi connectivity index (χ3n) is 4.04. The van der Waals surface area contributed by atoms with Crippen molar-refractivity contribution in [2.75, 3.05) is 40.1 Å². The van der Waals surface area contributed by atoms with Crippen molar-refractivity contribution in [3.05, 3.63) is 48.5 Å². The Balaban J connectivity index is 1.89. The molecule has 8 heteroatoms. The molecule has 1 heterocycles. The van der Waals surface area contributed by atoms with Gasteiger partial charge in [0.05, 0.1) is 26.0 Å². The highest BCUT2D eigenvalue weighted by atomic mass is 16.5. The van der Waals surface area contributed by atoms with E-state index in [1.54, 1.807) is 11.8 Å². The molecule has 0 bridgehead atoms. The maximum atomic E-state index is 8.89. The zero-order valence-corrected chi connectivity index (χ0v) is 16.6. The van der Waals surface area contributed by atoms with Gasteiger partial charge in [0.2, 0.25) is 0 Å². The Bertz CT molecular complexity index is 878. The van der Waals surface area contributed by atoms with Gasteiger partial charge in [0.15, 0.2) is 5.82 Å². The second kappa shape index (κ2) is 10.4. The summed E-state index contributed by atoms with van der Waals surface area (Å²) in [6.07, 6.45) is 0. The zero-order valence-electron chi connectivity index (χ0n) is 16.6. The summed E-state index contributed by atoms with van der Waals surface area (Å²) < 4.78 is 23.3. The van der Waals surface area contributed by atoms with Crippen LogP contribution < -0.4 is 14.2 Å². The molecule has 0 aliphatic rings. The van der Waals surface area contributed by atoms with Gasteiger partial charge in [0.1, 0.15) is 24.7 Å². The van der Waals surface area contributed by atoms with Gasteiger partial charge in [0, 0.05) is 12.2 Å². The number of rotatable bonds is 11. The van der Waals surface area contributed by atoms with Crippen LogP contribution in [0.25, 0.3) is 17.1 Å². The highest BCUT2D eigenvalue weighted by Gasteiger charge is 2.15. The molecule has 3 aromatic rings. The van der Waals surface area contributed by atoms with E-state index in [4.69, 9.17) is 24.1 Å². The number of nitrogens with zero attached hydrogens (tertiary/aromatic N) is 3. The Morgan fingerprint density at radius 2 is 1.62 bits per heavy atom. The van der Waals surface area contributed by atoms with E-state index in [-0.39, 0.29) is 19.2 Å². The molecule has 0 atom stereocenters. The first-order valence-electron chi connectivity index (χ1n) is 9.41. The van der Waals surface area contributed by atoms with Gasteiger partial charge in [-0.2, -0.15) is 4.98 Å². The van der Waals surface area contributed by atoms with Crippen LogP contribution >= 0.6 is 0 Å². The van der Waals surface area contributed by atoms with Crippen molar-refractivity contribution in [2.45, 2.75) is 6.92 Å². The number of aliphatic hydroxyl groups is 1. The Morgan fingerprint density at radius 1 is 0.897 bits per heavy atom. The summed E-state index contributed by atoms with van der Waals surface area (Å²) >= 11 is 0. The van der Waals surface area contributed by atoms with Crippen LogP contribution in [0.15, 0.2) is 48.5 Å². The van der Waals surface area contributed by atoms with Crippen LogP contribution in [0.2, 0.25) is 0 Å². The average molecular weight is 399 g/mol. The molecule has 0 spiro atoms. The molecule has 0 radical (unpaired) electrons. The summed E-state index contributed by atoms with van der Waals surface area (Å²) in [7, 11) is 1.63. The molecule has 8 nitrogen and oxygen atoms in total. The second-order valence-corrected chi connectivity index (χ2v) is 5.97. The van der Waals surface area contributed by atoms with Crippen LogP contribution in [0.4, 0.5) is 0 Å². The molecule has 0 saturated heterocycles. The highest BCUT2D eigenvalue weighted by Crippen LogP contribution is 2.26. The first kappa shape index (κ1) is 20.6. The van der Waals surface area contributed by atoms with E-state index in [1.807, 2.05) is 55.5 Å². The standard InChI is InChI=1S/C21H25N3O5/c1-3-27-14-15-29-21-22-20(16-4-8-19(9-5-16)28-13-12-25)24(23-21)17-6-10-18(26-2)11-7-17/h4-11,25H,3,12-15H2,1-2H3. The molecule has 3 rings (SSSR count). The summed E-state index contributed by atoms with van der Waals surface area (Å²) in [5.41, 5.74) is 1.68. The fourth-order valence-corrected chi connectivity index (χ4v) is 2.64. The van der Waals surface area contributed by atoms with Gasteiger partial charge in [-0.3, -0.25) is 0 Å². The largest absolute Gasteiger partial charge is 0.497 e. The molecule has 154 valence electrons. The molecule has 0 aliphatic carbocycles. The van der Waals surface area contributed by atoms with E-state index in [1.165, 1.54) is 0 Å². The molecule has 1 N–H and O–H groups in total. The van der Waals surface area contributed by atoms with Gasteiger partial charge < -0.3 is 24.1 Å². The molecule has 0 aliphatic heterocycles. The van der Waals surface area contributed by atoms with Gasteiger partial charge in [0.25, 0.3) is 0 Å². The van der Waals surface area contributed by atoms with Gasteiger partial charge in [-0.15, -0.1) is 5.10 Å². The second-order valence-electron chi connectivity index (χ2n) is 5.97. The number of hydrogen-bond donors (Lipinski definition) is 1. The lowest BCUT2D eigenvalue weighted by Crippen LogP contribution is -2.07. The normalized spacial score (nSPS) is 10.7. The van der Waals surface area contributed by atoms with E-state index in [0.29, 0.717) is 31.4 Å². The Labute approximate surface area is 169 Å². The number of aromatic nitrogens is 3. The summed E-state index contributed by atoms with van der Waals surface area (Å²) in [5.74, 6) is 2.07. The lowest BCUT2D eigenvalue weighted by atomic mass is 10.2. The van der Waals surface area contributed by atoms with E-state index in [9.17, 15) is 0 Å². The van der Waals surface area contributed by atoms with Crippen LogP contribution in [-0.4, -0.2) is 60.0 Å². The quantitative estimate of drug-likeness (QED) is 0.496. The number of aliphatic hydroxyl groups excluding tert-OH is 1. The molecule has 0 saturated carbocycles. The third kappa shape index (κ3) is 5.46. The van der Waals surface area contributed by atoms with Crippen molar-refractivity contribution in [2.24, 2.45) is 0 Å². The topological polar surface area (TPSA) is 87.9 Å². The van der Waals surface area contributed by atoms with Crippen molar-refractivity contribution < 1.29 is 24.1 Å². The highest BCUT2D eigenvalue weighted by molar-refractivity contribution is 5.59. The van der Waals surface area contributed by atoms with Crippen molar-refractivity contribution in [1.82, 2.24) is 14.8 Å². The van der Waals surface area contributed by atoms with Crippen LogP contribution in [0.5, 0.6) is 17.5 Å². The Kier molecular flexibility index (Phi) is 7.43. The van der Waals surface area contributed by atoms with Crippen molar-refractivity contribution in [3.8, 4) is 34.6 Å². The van der Waals surface area contributed by atoms with Gasteiger partial charge in [-0.05, 0) is 55.5 Å². The number of benzene rings is 2.